The summed E-state index contributed by atoms with van der Waals surface area (Å²) in [7, 11) is 0. The van der Waals surface area contributed by atoms with E-state index in [2.05, 4.69) is 25.7 Å². The number of hydrogen-bond donors (Lipinski definition) is 2. The van der Waals surface area contributed by atoms with Gasteiger partial charge in [-0.3, -0.25) is 4.79 Å². The smallest absolute Gasteiger partial charge is 0.220 e. The normalized spacial score (nSPS) is 18.1. The number of ether oxygens (including phenoxy) is 1. The molecule has 7 heteroatoms. The summed E-state index contributed by atoms with van der Waals surface area (Å²) >= 11 is 0. The minimum atomic E-state index is 0.150. The summed E-state index contributed by atoms with van der Waals surface area (Å²) in [6.45, 7) is 4.51. The summed E-state index contributed by atoms with van der Waals surface area (Å²) < 4.78 is 5.35. The Kier molecular flexibility index (Phi) is 5.05. The van der Waals surface area contributed by atoms with Gasteiger partial charge in [0.1, 0.15) is 0 Å². The van der Waals surface area contributed by atoms with Crippen LogP contribution in [-0.2, 0) is 9.53 Å². The molecule has 1 aliphatic heterocycles. The summed E-state index contributed by atoms with van der Waals surface area (Å²) in [6, 6.07) is 1.99. The van der Waals surface area contributed by atoms with Crippen LogP contribution in [-0.4, -0.2) is 55.5 Å². The van der Waals surface area contributed by atoms with Gasteiger partial charge in [0.15, 0.2) is 5.82 Å². The molecule has 1 aromatic rings. The molecule has 2 aliphatic rings. The van der Waals surface area contributed by atoms with Gasteiger partial charge in [-0.15, -0.1) is 5.10 Å². The number of carbonyl (C=O) groups excluding carboxylic acids is 1. The quantitative estimate of drug-likeness (QED) is 0.720. The summed E-state index contributed by atoms with van der Waals surface area (Å²) in [6.07, 6.45) is 4.85. The number of nitrogens with one attached hydrogen (secondary N) is 2. The second kappa shape index (κ2) is 7.40. The van der Waals surface area contributed by atoms with E-state index in [9.17, 15) is 4.79 Å². The standard InChI is InChI=1S/C15H23N5O2/c21-15(9-12-1-2-12)17-4-3-16-14-10-13(11-18-19-14)20-5-7-22-8-6-20/h10-12H,1-9H2,(H,16,19)(H,17,21). The van der Waals surface area contributed by atoms with Crippen molar-refractivity contribution in [1.82, 2.24) is 15.5 Å². The van der Waals surface area contributed by atoms with Gasteiger partial charge in [-0.05, 0) is 18.8 Å². The molecule has 0 atom stereocenters. The topological polar surface area (TPSA) is 79.4 Å². The van der Waals surface area contributed by atoms with Crippen LogP contribution < -0.4 is 15.5 Å². The molecule has 22 heavy (non-hydrogen) atoms. The van der Waals surface area contributed by atoms with E-state index in [0.29, 0.717) is 25.4 Å². The maximum atomic E-state index is 11.6. The molecule has 1 saturated heterocycles. The van der Waals surface area contributed by atoms with E-state index in [4.69, 9.17) is 4.74 Å². The van der Waals surface area contributed by atoms with Crippen LogP contribution in [0.15, 0.2) is 12.3 Å². The molecular weight excluding hydrogens is 282 g/mol. The molecule has 1 saturated carbocycles. The highest BCUT2D eigenvalue weighted by Gasteiger charge is 2.23. The zero-order chi connectivity index (χ0) is 15.2. The van der Waals surface area contributed by atoms with Crippen molar-refractivity contribution in [2.24, 2.45) is 5.92 Å². The Morgan fingerprint density at radius 1 is 1.32 bits per heavy atom. The maximum absolute atomic E-state index is 11.6. The number of anilines is 2. The minimum absolute atomic E-state index is 0.150. The molecule has 3 rings (SSSR count). The number of hydrogen-bond acceptors (Lipinski definition) is 6. The second-order valence-corrected chi connectivity index (χ2v) is 5.82. The summed E-state index contributed by atoms with van der Waals surface area (Å²) in [5.74, 6) is 1.52. The number of morpholine rings is 1. The second-order valence-electron chi connectivity index (χ2n) is 5.82. The van der Waals surface area contributed by atoms with E-state index in [1.54, 1.807) is 6.20 Å². The molecule has 1 aromatic heterocycles. The largest absolute Gasteiger partial charge is 0.378 e. The number of aromatic nitrogens is 2. The van der Waals surface area contributed by atoms with E-state index in [-0.39, 0.29) is 5.91 Å². The van der Waals surface area contributed by atoms with Crippen LogP contribution in [0, 0.1) is 5.92 Å². The van der Waals surface area contributed by atoms with Gasteiger partial charge in [0.05, 0.1) is 25.1 Å². The van der Waals surface area contributed by atoms with E-state index in [1.165, 1.54) is 12.8 Å². The predicted molar refractivity (Wildman–Crippen MR) is 83.9 cm³/mol. The van der Waals surface area contributed by atoms with Gasteiger partial charge in [0.25, 0.3) is 0 Å². The lowest BCUT2D eigenvalue weighted by Crippen LogP contribution is -2.36. The Balaban J connectivity index is 1.40. The maximum Gasteiger partial charge on any atom is 0.220 e. The highest BCUT2D eigenvalue weighted by atomic mass is 16.5. The highest BCUT2D eigenvalue weighted by molar-refractivity contribution is 5.76. The van der Waals surface area contributed by atoms with E-state index >= 15 is 0 Å². The SMILES string of the molecule is O=C(CC1CC1)NCCNc1cc(N2CCOCC2)cnn1. The molecule has 7 nitrogen and oxygen atoms in total. The summed E-state index contributed by atoms with van der Waals surface area (Å²) in [5.41, 5.74) is 1.05. The Morgan fingerprint density at radius 3 is 2.91 bits per heavy atom. The van der Waals surface area contributed by atoms with E-state index < -0.39 is 0 Å². The van der Waals surface area contributed by atoms with Crippen molar-refractivity contribution in [2.75, 3.05) is 49.6 Å². The van der Waals surface area contributed by atoms with Crippen molar-refractivity contribution in [3.63, 3.8) is 0 Å². The van der Waals surface area contributed by atoms with Crippen molar-refractivity contribution in [3.05, 3.63) is 12.3 Å². The van der Waals surface area contributed by atoms with Gasteiger partial charge in [-0.2, -0.15) is 5.10 Å². The Bertz CT molecular complexity index is 500. The average Bonchev–Trinajstić information content (AvgIpc) is 3.37. The van der Waals surface area contributed by atoms with Gasteiger partial charge in [-0.25, -0.2) is 0 Å². The van der Waals surface area contributed by atoms with Crippen molar-refractivity contribution in [2.45, 2.75) is 19.3 Å². The lowest BCUT2D eigenvalue weighted by molar-refractivity contribution is -0.121. The molecule has 0 bridgehead atoms. The summed E-state index contributed by atoms with van der Waals surface area (Å²) in [4.78, 5) is 13.8. The van der Waals surface area contributed by atoms with Crippen LogP contribution >= 0.6 is 0 Å². The molecule has 120 valence electrons. The van der Waals surface area contributed by atoms with Gasteiger partial charge in [0.2, 0.25) is 5.91 Å². The lowest BCUT2D eigenvalue weighted by Gasteiger charge is -2.28. The Morgan fingerprint density at radius 2 is 2.14 bits per heavy atom. The molecular formula is C15H23N5O2. The third kappa shape index (κ3) is 4.56. The first kappa shape index (κ1) is 15.0. The number of nitrogens with zero attached hydrogens (tertiary/aromatic N) is 3. The first-order valence-corrected chi connectivity index (χ1v) is 7.97. The molecule has 0 spiro atoms. The molecule has 2 heterocycles. The fourth-order valence-corrected chi connectivity index (χ4v) is 2.49. The fraction of sp³-hybridized carbons (Fsp3) is 0.667. The monoisotopic (exact) mass is 305 g/mol. The Labute approximate surface area is 130 Å². The van der Waals surface area contributed by atoms with Crippen molar-refractivity contribution >= 4 is 17.4 Å². The van der Waals surface area contributed by atoms with Crippen molar-refractivity contribution < 1.29 is 9.53 Å². The fourth-order valence-electron chi connectivity index (χ4n) is 2.49. The molecule has 1 amide bonds. The van der Waals surface area contributed by atoms with E-state index in [1.807, 2.05) is 6.07 Å². The molecule has 2 N–H and O–H groups in total. The van der Waals surface area contributed by atoms with Crippen LogP contribution in [0.5, 0.6) is 0 Å². The Hall–Kier alpha value is -1.89. The van der Waals surface area contributed by atoms with Gasteiger partial charge < -0.3 is 20.3 Å². The summed E-state index contributed by atoms with van der Waals surface area (Å²) in [5, 5.41) is 14.2. The number of rotatable bonds is 7. The van der Waals surface area contributed by atoms with Crippen molar-refractivity contribution in [1.29, 1.82) is 0 Å². The third-order valence-electron chi connectivity index (χ3n) is 3.94. The van der Waals surface area contributed by atoms with Crippen LogP contribution in [0.4, 0.5) is 11.5 Å². The van der Waals surface area contributed by atoms with Gasteiger partial charge >= 0.3 is 0 Å². The number of amides is 1. The van der Waals surface area contributed by atoms with Crippen LogP contribution in [0.2, 0.25) is 0 Å². The van der Waals surface area contributed by atoms with Crippen LogP contribution in [0.3, 0.4) is 0 Å². The lowest BCUT2D eigenvalue weighted by atomic mass is 10.3. The van der Waals surface area contributed by atoms with Gasteiger partial charge in [-0.1, -0.05) is 0 Å². The number of carbonyl (C=O) groups is 1. The average molecular weight is 305 g/mol. The van der Waals surface area contributed by atoms with Gasteiger partial charge in [0, 0.05) is 38.7 Å². The van der Waals surface area contributed by atoms with Crippen LogP contribution in [0.1, 0.15) is 19.3 Å². The van der Waals surface area contributed by atoms with Crippen molar-refractivity contribution in [3.8, 4) is 0 Å². The molecule has 0 unspecified atom stereocenters. The first-order valence-electron chi connectivity index (χ1n) is 7.97. The van der Waals surface area contributed by atoms with E-state index in [0.717, 1.165) is 37.8 Å². The zero-order valence-electron chi connectivity index (χ0n) is 12.8. The molecule has 0 aromatic carbocycles. The molecule has 0 radical (unpaired) electrons. The zero-order valence-corrected chi connectivity index (χ0v) is 12.8. The minimum Gasteiger partial charge on any atom is -0.378 e. The molecule has 2 fully saturated rings. The highest BCUT2D eigenvalue weighted by Crippen LogP contribution is 2.31. The van der Waals surface area contributed by atoms with Crippen LogP contribution in [0.25, 0.3) is 0 Å². The third-order valence-corrected chi connectivity index (χ3v) is 3.94. The molecule has 1 aliphatic carbocycles. The predicted octanol–water partition coefficient (Wildman–Crippen LogP) is 0.641. The first-order chi connectivity index (χ1) is 10.8.